The Morgan fingerprint density at radius 1 is 0.487 bits per heavy atom. The molecule has 8 saturated heterocycles. The Kier molecular flexibility index (Phi) is 17.7. The van der Waals surface area contributed by atoms with E-state index in [9.17, 15) is 57.5 Å². The molecule has 0 radical (unpaired) electrons. The van der Waals surface area contributed by atoms with Crippen molar-refractivity contribution < 1.29 is 57.5 Å². The molecule has 2 aromatic heterocycles. The minimum Gasteiger partial charge on any atom is -0.316 e. The highest BCUT2D eigenvalue weighted by molar-refractivity contribution is 6.22. The van der Waals surface area contributed by atoms with Crippen LogP contribution in [0.4, 0.5) is 0 Å². The van der Waals surface area contributed by atoms with E-state index in [0.29, 0.717) is 41.9 Å². The molecule has 0 spiro atoms. The Morgan fingerprint density at radius 3 is 1.55 bits per heavy atom. The van der Waals surface area contributed by atoms with Gasteiger partial charge in [0, 0.05) is 86.2 Å². The highest BCUT2D eigenvalue weighted by atomic mass is 16.2. The molecule has 10 aliphatic rings. The van der Waals surface area contributed by atoms with Crippen molar-refractivity contribution in [3.8, 4) is 0 Å². The number of nitrogens with zero attached hydrogens (tertiary/aromatic N) is 9. The first-order chi connectivity index (χ1) is 35.4. The van der Waals surface area contributed by atoms with E-state index in [-0.39, 0.29) is 114 Å². The number of hydrogen-bond donors (Lipinski definition) is 3. The number of likely N-dealkylation sites (tertiary alicyclic amines) is 6. The maximum absolute atomic E-state index is 11.9. The average Bonchev–Trinajstić information content (AvgIpc) is 4.08. The number of pyridine rings is 2. The van der Waals surface area contributed by atoms with E-state index in [0.717, 1.165) is 63.3 Å². The third kappa shape index (κ3) is 10.7. The fraction of sp³-hybridized carbons (Fsp3) is 0.577. The molecule has 410 valence electrons. The summed E-state index contributed by atoms with van der Waals surface area (Å²) in [5, 5.41) is 8.46. The summed E-state index contributed by atoms with van der Waals surface area (Å²) in [5.41, 5.74) is 0.646. The van der Waals surface area contributed by atoms with E-state index in [1.807, 2.05) is 27.9 Å². The zero-order valence-corrected chi connectivity index (χ0v) is 43.8. The molecule has 76 heavy (non-hydrogen) atoms. The van der Waals surface area contributed by atoms with Crippen LogP contribution in [0.25, 0.3) is 0 Å². The van der Waals surface area contributed by atoms with Gasteiger partial charge in [-0.2, -0.15) is 0 Å². The first-order valence-corrected chi connectivity index (χ1v) is 25.0. The first kappa shape index (κ1) is 58.2. The van der Waals surface area contributed by atoms with Gasteiger partial charge in [0.1, 0.15) is 0 Å². The number of amides is 12. The smallest absolute Gasteiger partial charge is 0.262 e. The van der Waals surface area contributed by atoms with Crippen molar-refractivity contribution in [2.45, 2.75) is 47.0 Å². The predicted octanol–water partition coefficient (Wildman–Crippen LogP) is -0.784. The number of hydrogen-bond acceptors (Lipinski definition) is 18. The fourth-order valence-electron chi connectivity index (χ4n) is 11.6. The van der Waals surface area contributed by atoms with Gasteiger partial charge < -0.3 is 20.4 Å². The van der Waals surface area contributed by atoms with Crippen LogP contribution in [-0.2, 0) is 38.4 Å². The van der Waals surface area contributed by atoms with E-state index < -0.39 is 10.8 Å². The minimum absolute atomic E-state index is 0. The molecule has 3 N–H and O–H groups in total. The van der Waals surface area contributed by atoms with Crippen LogP contribution in [0.1, 0.15) is 88.4 Å². The number of imide groups is 6. The van der Waals surface area contributed by atoms with Crippen LogP contribution in [-0.4, -0.2) is 217 Å². The van der Waals surface area contributed by atoms with E-state index in [4.69, 9.17) is 0 Å². The number of rotatable bonds is 0. The number of aromatic nitrogens is 2. The van der Waals surface area contributed by atoms with Crippen LogP contribution >= 0.6 is 0 Å². The average molecular weight is 1060 g/mol. The maximum Gasteiger partial charge on any atom is 0.262 e. The van der Waals surface area contributed by atoms with Gasteiger partial charge in [0.2, 0.25) is 47.3 Å². The molecule has 12 amide bonds. The van der Waals surface area contributed by atoms with Crippen molar-refractivity contribution in [1.29, 1.82) is 0 Å². The van der Waals surface area contributed by atoms with Crippen molar-refractivity contribution in [2.24, 2.45) is 46.3 Å². The molecular weight excluding hydrogens is 985 g/mol. The van der Waals surface area contributed by atoms with Gasteiger partial charge in [0.15, 0.2) is 0 Å². The van der Waals surface area contributed by atoms with Gasteiger partial charge in [0.25, 0.3) is 23.6 Å². The number of carbonyl (C=O) groups is 12. The van der Waals surface area contributed by atoms with Gasteiger partial charge in [0.05, 0.1) is 68.6 Å². The van der Waals surface area contributed by atoms with Crippen LogP contribution in [0, 0.1) is 46.3 Å². The minimum atomic E-state index is -0.482. The number of fused-ring (bicyclic) bond motifs is 6. The molecule has 10 aliphatic heterocycles. The Labute approximate surface area is 441 Å². The van der Waals surface area contributed by atoms with Crippen molar-refractivity contribution in [1.82, 2.24) is 60.2 Å². The standard InChI is InChI=1S/C10H16N2O2.2C9H14N2O2.C8H12N2O2.C8H6N2O2.C7H4N2O2.CH4/c1-10-6-11(2)5-4-7(10)8(13)12(3)9(10)14;1-9-5-10-4-3-6(9)7(12)11(2)8(9)13;1-10-4-3-6-7(5-10)9(13)11(2)8(6)12;2*1-10-7(11)5-2-3-9-4-6(5)8(10)12;10-6-4-1-2-8-3-5(4)7(11)9-6;/h7H,4-6H2,1-3H3;6,10H,3-5H2,1-2H3;6-7H,3-5H2,1-2H3;5-6,9H,2-4H2,1H3;2-4H,1H3;1-3H,(H,9,10,11);1H4. The fourth-order valence-corrected chi connectivity index (χ4v) is 11.6. The van der Waals surface area contributed by atoms with E-state index in [2.05, 4.69) is 35.7 Å². The van der Waals surface area contributed by atoms with Crippen LogP contribution in [0.5, 0.6) is 0 Å². The molecule has 12 heterocycles. The molecule has 8 unspecified atom stereocenters. The lowest BCUT2D eigenvalue weighted by atomic mass is 9.74. The largest absolute Gasteiger partial charge is 0.316 e. The van der Waals surface area contributed by atoms with Gasteiger partial charge in [-0.25, -0.2) is 0 Å². The van der Waals surface area contributed by atoms with Crippen LogP contribution in [0.2, 0.25) is 0 Å². The maximum atomic E-state index is 11.9. The SMILES string of the molecule is C.CN1C(=O)C2CCNCC2(C)C1=O.CN1C(=O)C2CCNCC2C1=O.CN1C(=O)c2ccncc2C1=O.CN1CCC2C(=O)N(C)C(=O)C2(C)C1.CN1CCC2C(=O)N(C)C(=O)C2C1.O=C1NC(=O)c2cnccc21. The first-order valence-electron chi connectivity index (χ1n) is 25.0. The van der Waals surface area contributed by atoms with Gasteiger partial charge in [-0.3, -0.25) is 97.3 Å². The van der Waals surface area contributed by atoms with Crippen LogP contribution in [0.3, 0.4) is 0 Å². The highest BCUT2D eigenvalue weighted by Gasteiger charge is 2.57. The van der Waals surface area contributed by atoms with E-state index in [1.54, 1.807) is 34.3 Å². The van der Waals surface area contributed by atoms with Gasteiger partial charge in [-0.05, 0) is 91.9 Å². The van der Waals surface area contributed by atoms with Crippen molar-refractivity contribution in [2.75, 3.05) is 102 Å². The molecule has 24 nitrogen and oxygen atoms in total. The monoisotopic (exact) mass is 1050 g/mol. The van der Waals surface area contributed by atoms with Crippen molar-refractivity contribution in [3.63, 3.8) is 0 Å². The lowest BCUT2D eigenvalue weighted by molar-refractivity contribution is -0.141. The Bertz CT molecular complexity index is 2640. The molecule has 0 bridgehead atoms. The summed E-state index contributed by atoms with van der Waals surface area (Å²) in [6.45, 7) is 10.1. The Hall–Kier alpha value is -7.02. The number of nitrogens with one attached hydrogen (secondary N) is 3. The summed E-state index contributed by atoms with van der Waals surface area (Å²) < 4.78 is 0. The number of piperidine rings is 4. The second-order valence-corrected chi connectivity index (χ2v) is 21.1. The van der Waals surface area contributed by atoms with Crippen LogP contribution < -0.4 is 16.0 Å². The third-order valence-electron chi connectivity index (χ3n) is 16.2. The summed E-state index contributed by atoms with van der Waals surface area (Å²) in [4.78, 5) is 155. The third-order valence-corrected chi connectivity index (χ3v) is 16.2. The second-order valence-electron chi connectivity index (χ2n) is 21.1. The van der Waals surface area contributed by atoms with Crippen molar-refractivity contribution in [3.05, 3.63) is 59.2 Å². The molecule has 2 aromatic rings. The zero-order chi connectivity index (χ0) is 55.0. The normalized spacial score (nSPS) is 30.1. The summed E-state index contributed by atoms with van der Waals surface area (Å²) >= 11 is 0. The molecule has 8 atom stereocenters. The lowest BCUT2D eigenvalue weighted by Gasteiger charge is -2.37. The van der Waals surface area contributed by atoms with Crippen LogP contribution in [0.15, 0.2) is 36.9 Å². The molecule has 24 heteroatoms. The quantitative estimate of drug-likeness (QED) is 0.273. The molecule has 12 rings (SSSR count). The summed E-state index contributed by atoms with van der Waals surface area (Å²) in [6.07, 6.45) is 9.01. The van der Waals surface area contributed by atoms with Gasteiger partial charge >= 0.3 is 0 Å². The summed E-state index contributed by atoms with van der Waals surface area (Å²) in [7, 11) is 11.8. The molecule has 0 saturated carbocycles. The molecule has 0 aliphatic carbocycles. The summed E-state index contributed by atoms with van der Waals surface area (Å²) in [5.74, 6) is -1.68. The van der Waals surface area contributed by atoms with Gasteiger partial charge in [-0.15, -0.1) is 0 Å². The highest BCUT2D eigenvalue weighted by Crippen LogP contribution is 2.43. The lowest BCUT2D eigenvalue weighted by Crippen LogP contribution is -2.47. The second kappa shape index (κ2) is 23.1. The Morgan fingerprint density at radius 2 is 0.974 bits per heavy atom. The molecule has 8 fully saturated rings. The predicted molar refractivity (Wildman–Crippen MR) is 271 cm³/mol. The Balaban J connectivity index is 0.000000148. The van der Waals surface area contributed by atoms with E-state index in [1.165, 1.54) is 57.5 Å². The van der Waals surface area contributed by atoms with Gasteiger partial charge in [-0.1, -0.05) is 7.43 Å². The topological polar surface area (TPSA) is 289 Å². The molecular formula is C52H70N12O12. The zero-order valence-electron chi connectivity index (χ0n) is 43.8. The number of carbonyl (C=O) groups excluding carboxylic acids is 12. The summed E-state index contributed by atoms with van der Waals surface area (Å²) in [6, 6.07) is 3.08. The molecule has 0 aromatic carbocycles. The van der Waals surface area contributed by atoms with E-state index >= 15 is 0 Å². The van der Waals surface area contributed by atoms with Crippen molar-refractivity contribution >= 4 is 70.9 Å².